The molecule has 3 heterocycles. The maximum Gasteiger partial charge on any atom is 0.282 e. The SMILES string of the molecule is CCN(CC)S(=O)(=O)N1CCC[C@@H]1c1ccc(Nc2ccc(F)cn2)cn1. The number of halogens is 1. The summed E-state index contributed by atoms with van der Waals surface area (Å²) in [7, 11) is -3.50. The van der Waals surface area contributed by atoms with Crippen LogP contribution in [0.5, 0.6) is 0 Å². The topological polar surface area (TPSA) is 78.4 Å². The predicted molar refractivity (Wildman–Crippen MR) is 102 cm³/mol. The molecule has 0 bridgehead atoms. The summed E-state index contributed by atoms with van der Waals surface area (Å²) in [6.07, 6.45) is 4.34. The van der Waals surface area contributed by atoms with Crippen molar-refractivity contribution in [2.24, 2.45) is 0 Å². The van der Waals surface area contributed by atoms with E-state index >= 15 is 0 Å². The smallest absolute Gasteiger partial charge is 0.282 e. The van der Waals surface area contributed by atoms with E-state index in [0.717, 1.165) is 24.7 Å². The second-order valence-electron chi connectivity index (χ2n) is 6.32. The van der Waals surface area contributed by atoms with Gasteiger partial charge in [0.25, 0.3) is 10.2 Å². The minimum Gasteiger partial charge on any atom is -0.339 e. The first-order chi connectivity index (χ1) is 13.0. The number of aromatic nitrogens is 2. The zero-order valence-corrected chi connectivity index (χ0v) is 16.3. The maximum atomic E-state index is 12.9. The Hall–Kier alpha value is -2.10. The summed E-state index contributed by atoms with van der Waals surface area (Å²) in [5.74, 6) is 0.113. The Morgan fingerprint density at radius 3 is 2.56 bits per heavy atom. The van der Waals surface area contributed by atoms with Gasteiger partial charge in [0.1, 0.15) is 11.6 Å². The van der Waals surface area contributed by atoms with Gasteiger partial charge in [0.2, 0.25) is 0 Å². The molecule has 0 amide bonds. The van der Waals surface area contributed by atoms with E-state index < -0.39 is 16.0 Å². The molecule has 0 unspecified atom stereocenters. The molecule has 0 saturated carbocycles. The van der Waals surface area contributed by atoms with E-state index in [0.29, 0.717) is 31.1 Å². The van der Waals surface area contributed by atoms with Crippen LogP contribution in [0.3, 0.4) is 0 Å². The molecule has 1 saturated heterocycles. The standard InChI is InChI=1S/C18H24FN5O2S/c1-3-23(4-2)27(25,26)24-11-5-6-17(24)16-9-8-15(13-20-16)22-18-10-7-14(19)12-21-18/h7-10,12-13,17H,3-6,11H2,1-2H3,(H,21,22)/t17-/m1/s1. The molecule has 3 rings (SSSR count). The number of hydrogen-bond donors (Lipinski definition) is 1. The van der Waals surface area contributed by atoms with E-state index in [-0.39, 0.29) is 6.04 Å². The third-order valence-corrected chi connectivity index (χ3v) is 6.86. The second-order valence-corrected chi connectivity index (χ2v) is 8.20. The van der Waals surface area contributed by atoms with Gasteiger partial charge < -0.3 is 5.32 Å². The van der Waals surface area contributed by atoms with Crippen molar-refractivity contribution in [3.05, 3.63) is 48.2 Å². The number of anilines is 2. The van der Waals surface area contributed by atoms with Gasteiger partial charge in [0.15, 0.2) is 0 Å². The first kappa shape index (κ1) is 19.7. The van der Waals surface area contributed by atoms with Crippen LogP contribution in [0.2, 0.25) is 0 Å². The number of rotatable bonds is 7. The predicted octanol–water partition coefficient (Wildman–Crippen LogP) is 3.08. The molecule has 2 aromatic heterocycles. The monoisotopic (exact) mass is 393 g/mol. The molecule has 9 heteroatoms. The van der Waals surface area contributed by atoms with Crippen molar-refractivity contribution in [1.29, 1.82) is 0 Å². The van der Waals surface area contributed by atoms with Crippen LogP contribution < -0.4 is 5.32 Å². The van der Waals surface area contributed by atoms with Crippen molar-refractivity contribution in [2.45, 2.75) is 32.7 Å². The summed E-state index contributed by atoms with van der Waals surface area (Å²) in [6, 6.07) is 6.26. The first-order valence-electron chi connectivity index (χ1n) is 9.07. The molecular formula is C18H24FN5O2S. The second kappa shape index (κ2) is 8.28. The van der Waals surface area contributed by atoms with Gasteiger partial charge in [0.05, 0.1) is 29.8 Å². The van der Waals surface area contributed by atoms with Gasteiger partial charge in [0, 0.05) is 19.6 Å². The molecule has 0 aromatic carbocycles. The zero-order chi connectivity index (χ0) is 19.4. The van der Waals surface area contributed by atoms with Crippen molar-refractivity contribution in [3.8, 4) is 0 Å². The Labute approximate surface area is 159 Å². The summed E-state index contributed by atoms with van der Waals surface area (Å²) in [4.78, 5) is 8.41. The molecule has 1 N–H and O–H groups in total. The van der Waals surface area contributed by atoms with Crippen LogP contribution in [-0.2, 0) is 10.2 Å². The summed E-state index contributed by atoms with van der Waals surface area (Å²) in [5.41, 5.74) is 1.43. The van der Waals surface area contributed by atoms with Crippen LogP contribution in [0, 0.1) is 5.82 Å². The molecular weight excluding hydrogens is 369 g/mol. The van der Waals surface area contributed by atoms with Crippen molar-refractivity contribution < 1.29 is 12.8 Å². The lowest BCUT2D eigenvalue weighted by atomic mass is 10.1. The fraction of sp³-hybridized carbons (Fsp3) is 0.444. The van der Waals surface area contributed by atoms with E-state index in [1.807, 2.05) is 26.0 Å². The fourth-order valence-electron chi connectivity index (χ4n) is 3.28. The lowest BCUT2D eigenvalue weighted by molar-refractivity contribution is 0.335. The molecule has 1 aliphatic heterocycles. The van der Waals surface area contributed by atoms with Gasteiger partial charge in [-0.05, 0) is 37.1 Å². The molecule has 0 aliphatic carbocycles. The number of nitrogens with zero attached hydrogens (tertiary/aromatic N) is 4. The minimum atomic E-state index is -3.50. The molecule has 1 aliphatic rings. The molecule has 7 nitrogen and oxygen atoms in total. The molecule has 0 spiro atoms. The van der Waals surface area contributed by atoms with E-state index in [2.05, 4.69) is 15.3 Å². The highest BCUT2D eigenvalue weighted by atomic mass is 32.2. The summed E-state index contributed by atoms with van der Waals surface area (Å²) in [6.45, 7) is 5.08. The van der Waals surface area contributed by atoms with Gasteiger partial charge in [-0.3, -0.25) is 4.98 Å². The number of nitrogens with one attached hydrogen (secondary N) is 1. The lowest BCUT2D eigenvalue weighted by Gasteiger charge is -2.29. The normalized spacial score (nSPS) is 18.1. The number of pyridine rings is 2. The van der Waals surface area contributed by atoms with Crippen LogP contribution in [0.25, 0.3) is 0 Å². The molecule has 1 fully saturated rings. The molecule has 2 aromatic rings. The highest BCUT2D eigenvalue weighted by Crippen LogP contribution is 2.34. The Kier molecular flexibility index (Phi) is 6.03. The van der Waals surface area contributed by atoms with Gasteiger partial charge in [-0.15, -0.1) is 0 Å². The fourth-order valence-corrected chi connectivity index (χ4v) is 5.13. The average Bonchev–Trinajstić information content (AvgIpc) is 3.16. The third-order valence-electron chi connectivity index (χ3n) is 4.66. The van der Waals surface area contributed by atoms with Crippen LogP contribution in [0.1, 0.15) is 38.4 Å². The Balaban J connectivity index is 1.76. The van der Waals surface area contributed by atoms with Crippen molar-refractivity contribution >= 4 is 21.7 Å². The van der Waals surface area contributed by atoms with Crippen LogP contribution >= 0.6 is 0 Å². The van der Waals surface area contributed by atoms with E-state index in [4.69, 9.17) is 0 Å². The highest BCUT2D eigenvalue weighted by molar-refractivity contribution is 7.86. The maximum absolute atomic E-state index is 12.9. The van der Waals surface area contributed by atoms with Gasteiger partial charge in [-0.2, -0.15) is 17.0 Å². The van der Waals surface area contributed by atoms with Crippen molar-refractivity contribution in [3.63, 3.8) is 0 Å². The summed E-state index contributed by atoms with van der Waals surface area (Å²) >= 11 is 0. The molecule has 0 radical (unpaired) electrons. The highest BCUT2D eigenvalue weighted by Gasteiger charge is 2.38. The Morgan fingerprint density at radius 1 is 1.19 bits per heavy atom. The van der Waals surface area contributed by atoms with Crippen LogP contribution in [0.4, 0.5) is 15.9 Å². The quantitative estimate of drug-likeness (QED) is 0.782. The van der Waals surface area contributed by atoms with Gasteiger partial charge in [-0.25, -0.2) is 9.37 Å². The molecule has 146 valence electrons. The number of hydrogen-bond acceptors (Lipinski definition) is 5. The lowest BCUT2D eigenvalue weighted by Crippen LogP contribution is -2.43. The van der Waals surface area contributed by atoms with Crippen LogP contribution in [0.15, 0.2) is 36.7 Å². The summed E-state index contributed by atoms with van der Waals surface area (Å²) in [5, 5.41) is 3.05. The van der Waals surface area contributed by atoms with Crippen molar-refractivity contribution in [1.82, 2.24) is 18.6 Å². The van der Waals surface area contributed by atoms with E-state index in [1.165, 1.54) is 10.4 Å². The van der Waals surface area contributed by atoms with Gasteiger partial charge in [-0.1, -0.05) is 13.8 Å². The largest absolute Gasteiger partial charge is 0.339 e. The first-order valence-corrected chi connectivity index (χ1v) is 10.5. The zero-order valence-electron chi connectivity index (χ0n) is 15.5. The molecule has 27 heavy (non-hydrogen) atoms. The summed E-state index contributed by atoms with van der Waals surface area (Å²) < 4.78 is 41.7. The van der Waals surface area contributed by atoms with E-state index in [1.54, 1.807) is 16.6 Å². The minimum absolute atomic E-state index is 0.256. The third kappa shape index (κ3) is 4.26. The Morgan fingerprint density at radius 2 is 1.96 bits per heavy atom. The Bertz CT molecular complexity index is 854. The van der Waals surface area contributed by atoms with Crippen LogP contribution in [-0.4, -0.2) is 46.6 Å². The van der Waals surface area contributed by atoms with Crippen molar-refractivity contribution in [2.75, 3.05) is 25.0 Å². The average molecular weight is 393 g/mol. The van der Waals surface area contributed by atoms with Gasteiger partial charge >= 0.3 is 0 Å². The van der Waals surface area contributed by atoms with E-state index in [9.17, 15) is 12.8 Å². The molecule has 1 atom stereocenters.